The smallest absolute Gasteiger partial charge is 0.272 e. The molecule has 11 amide bonds. The number of unbranched alkanes of at least 4 members (excludes halogenated alkanes) is 7. The second kappa shape index (κ2) is 41.3. The van der Waals surface area contributed by atoms with Crippen LogP contribution in [0.25, 0.3) is 0 Å². The van der Waals surface area contributed by atoms with Crippen molar-refractivity contribution in [1.29, 1.82) is 0 Å². The van der Waals surface area contributed by atoms with Crippen molar-refractivity contribution in [1.82, 2.24) is 58.5 Å². The highest BCUT2D eigenvalue weighted by Gasteiger charge is 2.39. The summed E-state index contributed by atoms with van der Waals surface area (Å²) in [5, 5.41) is 50.1. The summed E-state index contributed by atoms with van der Waals surface area (Å²) in [4.78, 5) is 154. The molecule has 1 aromatic carbocycles. The van der Waals surface area contributed by atoms with Gasteiger partial charge in [0, 0.05) is 19.4 Å². The van der Waals surface area contributed by atoms with Gasteiger partial charge in [0.15, 0.2) is 0 Å². The number of nitrogens with two attached hydrogens (primary N) is 5. The minimum atomic E-state index is -2.70. The number of aliphatic hydroxyl groups is 2. The first-order valence-corrected chi connectivity index (χ1v) is 30.7. The lowest BCUT2D eigenvalue weighted by Gasteiger charge is -2.30. The average Bonchev–Trinajstić information content (AvgIpc) is 3.51. The fourth-order valence-electron chi connectivity index (χ4n) is 9.45. The van der Waals surface area contributed by atoms with Gasteiger partial charge in [-0.2, -0.15) is 0 Å². The first kappa shape index (κ1) is 76.2. The van der Waals surface area contributed by atoms with Gasteiger partial charge in [0.2, 0.25) is 64.8 Å². The third-order valence-corrected chi connectivity index (χ3v) is 14.9. The van der Waals surface area contributed by atoms with Crippen molar-refractivity contribution in [2.24, 2.45) is 34.6 Å². The highest BCUT2D eigenvalue weighted by Crippen LogP contribution is 2.14. The molecule has 0 unspecified atom stereocenters. The lowest BCUT2D eigenvalue weighted by atomic mass is 9.96. The zero-order valence-electron chi connectivity index (χ0n) is 51.5. The molecule has 87 heavy (non-hydrogen) atoms. The molecular formula is C58H102N16O13. The second-order valence-corrected chi connectivity index (χ2v) is 22.3. The molecule has 2 rings (SSSR count). The number of hydrogen-bond donors (Lipinski definition) is 18. The number of nitrogens with one attached hydrogen (secondary N) is 11. The number of carbonyl (C=O) groups is 11. The molecule has 1 aromatic rings. The van der Waals surface area contributed by atoms with E-state index in [9.17, 15) is 63.0 Å². The van der Waals surface area contributed by atoms with Crippen LogP contribution < -0.4 is 87.2 Å². The maximum Gasteiger partial charge on any atom is 0.272 e. The highest BCUT2D eigenvalue weighted by atomic mass is 16.3. The summed E-state index contributed by atoms with van der Waals surface area (Å²) in [5.74, 6) is -10.6. The Hall–Kier alpha value is -6.89. The third-order valence-electron chi connectivity index (χ3n) is 14.9. The average molecular weight is 1230 g/mol. The van der Waals surface area contributed by atoms with E-state index in [-0.39, 0.29) is 77.0 Å². The number of benzene rings is 1. The Morgan fingerprint density at radius 2 is 1.14 bits per heavy atom. The van der Waals surface area contributed by atoms with Crippen molar-refractivity contribution < 1.29 is 63.0 Å². The lowest BCUT2D eigenvalue weighted by Crippen LogP contribution is -2.63. The van der Waals surface area contributed by atoms with Crippen LogP contribution in [0.3, 0.4) is 0 Å². The molecule has 0 bridgehead atoms. The molecule has 0 aliphatic carbocycles. The van der Waals surface area contributed by atoms with Crippen LogP contribution in [0.2, 0.25) is 0 Å². The molecule has 0 saturated carbocycles. The number of hydrogen-bond acceptors (Lipinski definition) is 18. The molecule has 29 nitrogen and oxygen atoms in total. The minimum absolute atomic E-state index is 0.117. The van der Waals surface area contributed by atoms with Gasteiger partial charge in [-0.25, -0.2) is 0 Å². The fraction of sp³-hybridized carbons (Fsp3) is 0.707. The summed E-state index contributed by atoms with van der Waals surface area (Å²) in [7, 11) is 0. The summed E-state index contributed by atoms with van der Waals surface area (Å²) in [5.41, 5.74) is 27.2. The SMILES string of the molecule is CCCCCCCCCC(=O)N[C@@H](CCCCN)C(=O)N[C@H](C(=O)N[C@@H](CCN)C(=O)N[C@H]1CCNC(=O)[C@](C)(O)NC(=O)[C@H](CCN)NC(=O)[C@H](CCN)NC(=O)[C@H]([C@@H](C)CC)NC(=O)[C@@H](Cc2ccccc2)NC(=O)[C@H](CCN)NC1=O)[C@@H](C)O. The van der Waals surface area contributed by atoms with Crippen LogP contribution in [0, 0.1) is 5.92 Å². The Bertz CT molecular complexity index is 2350. The molecular weight excluding hydrogens is 1130 g/mol. The topological polar surface area (TPSA) is 491 Å². The quantitative estimate of drug-likeness (QED) is 0.0306. The summed E-state index contributed by atoms with van der Waals surface area (Å²) in [6, 6.07) is -4.58. The standard InChI is InChI=1S/C58H102N16O13/c1-6-8-9-10-11-12-16-22-45(76)65-38(21-17-18-28-59)52(81)73-47(36(4)75)56(85)70-41(25-31-62)49(78)68-43-27-33-64-57(86)58(5,87)74-54(83)42(26-32-63)67-48(77)40(24-30-61)69-55(84)46(35(3)7-2)72-53(82)44(34-37-19-14-13-15-20-37)71-50(79)39(23-29-60)66-51(43)80/h13-15,19-20,35-36,38-44,46-47,75,87H,6-12,16-18,21-34,59-63H2,1-5H3,(H,64,86)(H,65,76)(H,66,80)(H,67,77)(H,68,78)(H,69,84)(H,70,85)(H,71,79)(H,72,82)(H,73,81)(H,74,83)/t35-,36+,38-,39-,40-,41-,42-,43-,44+,46-,47-,58-/m0/s1. The Balaban J connectivity index is 2.64. The Kier molecular flexibility index (Phi) is 36.2. The Morgan fingerprint density at radius 1 is 0.598 bits per heavy atom. The summed E-state index contributed by atoms with van der Waals surface area (Å²) < 4.78 is 0. The predicted octanol–water partition coefficient (Wildman–Crippen LogP) is -3.97. The Morgan fingerprint density at radius 3 is 1.70 bits per heavy atom. The predicted molar refractivity (Wildman–Crippen MR) is 325 cm³/mol. The molecule has 1 aliphatic heterocycles. The number of rotatable bonds is 32. The van der Waals surface area contributed by atoms with Crippen LogP contribution in [0.15, 0.2) is 30.3 Å². The molecule has 1 heterocycles. The maximum atomic E-state index is 14.5. The molecule has 0 radical (unpaired) electrons. The largest absolute Gasteiger partial charge is 0.391 e. The minimum Gasteiger partial charge on any atom is -0.391 e. The summed E-state index contributed by atoms with van der Waals surface area (Å²) >= 11 is 0. The molecule has 1 fully saturated rings. The van der Waals surface area contributed by atoms with Crippen molar-refractivity contribution >= 4 is 65.0 Å². The second-order valence-electron chi connectivity index (χ2n) is 22.3. The number of aliphatic hydroxyl groups excluding tert-OH is 1. The van der Waals surface area contributed by atoms with Crippen LogP contribution in [0.5, 0.6) is 0 Å². The van der Waals surface area contributed by atoms with E-state index in [1.807, 2.05) is 0 Å². The van der Waals surface area contributed by atoms with Crippen LogP contribution in [0.1, 0.15) is 149 Å². The highest BCUT2D eigenvalue weighted by molar-refractivity contribution is 5.99. The summed E-state index contributed by atoms with van der Waals surface area (Å²) in [6.07, 6.45) is 5.43. The number of carbonyl (C=O) groups excluding carboxylic acids is 11. The van der Waals surface area contributed by atoms with E-state index in [0.29, 0.717) is 37.8 Å². The van der Waals surface area contributed by atoms with Crippen LogP contribution >= 0.6 is 0 Å². The monoisotopic (exact) mass is 1230 g/mol. The first-order valence-electron chi connectivity index (χ1n) is 30.7. The molecule has 1 saturated heterocycles. The van der Waals surface area contributed by atoms with E-state index in [1.54, 1.807) is 44.2 Å². The van der Waals surface area contributed by atoms with Crippen molar-refractivity contribution in [3.63, 3.8) is 0 Å². The zero-order valence-corrected chi connectivity index (χ0v) is 51.5. The van der Waals surface area contributed by atoms with E-state index in [2.05, 4.69) is 65.4 Å². The van der Waals surface area contributed by atoms with Gasteiger partial charge in [0.25, 0.3) is 5.91 Å². The zero-order chi connectivity index (χ0) is 65.1. The van der Waals surface area contributed by atoms with Gasteiger partial charge in [-0.05, 0) is 116 Å². The molecule has 0 spiro atoms. The lowest BCUT2D eigenvalue weighted by molar-refractivity contribution is -0.148. The van der Waals surface area contributed by atoms with Gasteiger partial charge < -0.3 is 97.4 Å². The molecule has 12 atom stereocenters. The first-order chi connectivity index (χ1) is 41.4. The van der Waals surface area contributed by atoms with Gasteiger partial charge in [-0.1, -0.05) is 96.0 Å². The number of amides is 11. The summed E-state index contributed by atoms with van der Waals surface area (Å²) in [6.45, 7) is 6.79. The maximum absolute atomic E-state index is 14.5. The van der Waals surface area contributed by atoms with E-state index >= 15 is 0 Å². The molecule has 492 valence electrons. The van der Waals surface area contributed by atoms with Crippen molar-refractivity contribution in [3.8, 4) is 0 Å². The van der Waals surface area contributed by atoms with Crippen LogP contribution in [0.4, 0.5) is 0 Å². The molecule has 0 aromatic heterocycles. The van der Waals surface area contributed by atoms with Gasteiger partial charge >= 0.3 is 0 Å². The van der Waals surface area contributed by atoms with Gasteiger partial charge in [-0.15, -0.1) is 0 Å². The van der Waals surface area contributed by atoms with E-state index < -0.39 is 144 Å². The van der Waals surface area contributed by atoms with Gasteiger partial charge in [0.05, 0.1) is 6.10 Å². The van der Waals surface area contributed by atoms with Gasteiger partial charge in [-0.3, -0.25) is 52.7 Å². The van der Waals surface area contributed by atoms with Crippen LogP contribution in [-0.4, -0.2) is 181 Å². The van der Waals surface area contributed by atoms with Crippen molar-refractivity contribution in [3.05, 3.63) is 35.9 Å². The van der Waals surface area contributed by atoms with E-state index in [0.717, 1.165) is 45.4 Å². The molecule has 23 N–H and O–H groups in total. The van der Waals surface area contributed by atoms with E-state index in [1.165, 1.54) is 6.92 Å². The van der Waals surface area contributed by atoms with Crippen molar-refractivity contribution in [2.45, 2.75) is 216 Å². The van der Waals surface area contributed by atoms with Crippen molar-refractivity contribution in [2.75, 3.05) is 39.3 Å². The van der Waals surface area contributed by atoms with E-state index in [4.69, 9.17) is 28.7 Å². The fourth-order valence-corrected chi connectivity index (χ4v) is 9.45. The molecule has 1 aliphatic rings. The molecule has 29 heteroatoms. The van der Waals surface area contributed by atoms with Crippen LogP contribution in [-0.2, 0) is 59.2 Å². The Labute approximate surface area is 511 Å². The van der Waals surface area contributed by atoms with Gasteiger partial charge in [0.1, 0.15) is 54.4 Å². The third kappa shape index (κ3) is 27.8. The normalized spacial score (nSPS) is 23.1.